The molecule has 2 aliphatic heterocycles. The van der Waals surface area contributed by atoms with Gasteiger partial charge in [0.15, 0.2) is 0 Å². The number of nitrogens with zero attached hydrogens (tertiary/aromatic N) is 3. The van der Waals surface area contributed by atoms with Crippen LogP contribution in [-0.4, -0.2) is 55.1 Å². The zero-order valence-corrected chi connectivity index (χ0v) is 16.5. The summed E-state index contributed by atoms with van der Waals surface area (Å²) in [5, 5.41) is 1.35. The molecule has 9 nitrogen and oxygen atoms in total. The van der Waals surface area contributed by atoms with Gasteiger partial charge in [0.2, 0.25) is 16.0 Å². The first-order valence-corrected chi connectivity index (χ1v) is 10.3. The summed E-state index contributed by atoms with van der Waals surface area (Å²) in [6, 6.07) is 5.96. The lowest BCUT2D eigenvalue weighted by Gasteiger charge is -2.38. The molecule has 3 heterocycles. The van der Waals surface area contributed by atoms with Gasteiger partial charge in [0.05, 0.1) is 19.4 Å². The Kier molecular flexibility index (Phi) is 4.70. The molecule has 2 aromatic rings. The second kappa shape index (κ2) is 6.99. The van der Waals surface area contributed by atoms with Crippen molar-refractivity contribution in [3.05, 3.63) is 59.4 Å². The minimum absolute atomic E-state index is 0.0494. The number of hydrogen-bond acceptors (Lipinski definition) is 7. The van der Waals surface area contributed by atoms with E-state index in [0.717, 1.165) is 22.6 Å². The zero-order chi connectivity index (χ0) is 21.7. The fraction of sp³-hybridized carbons (Fsp3) is 0.278. The van der Waals surface area contributed by atoms with Gasteiger partial charge in [-0.25, -0.2) is 31.5 Å². The molecular formula is C18H17F2N5O4S. The standard InChI is InChI=1S/C18H17F2N5O4S/c1-25-17(21)24-18(9-29-8-15(18)30(25,27)28)12-6-11(3-4-13(12)20)23-16(26)14-5-2-10(19)7-22-14/h2-7,15H,8-9H2,1H3,(H2,21,24)(H,23,26). The number of anilines is 1. The number of carbonyl (C=O) groups excluding carboxylic acids is 1. The van der Waals surface area contributed by atoms with Gasteiger partial charge >= 0.3 is 0 Å². The van der Waals surface area contributed by atoms with Gasteiger partial charge in [-0.2, -0.15) is 0 Å². The van der Waals surface area contributed by atoms with E-state index >= 15 is 0 Å². The molecule has 0 bridgehead atoms. The number of carbonyl (C=O) groups is 1. The molecule has 0 radical (unpaired) electrons. The van der Waals surface area contributed by atoms with Crippen LogP contribution in [0.25, 0.3) is 0 Å². The van der Waals surface area contributed by atoms with Crippen molar-refractivity contribution < 1.29 is 26.7 Å². The normalized spacial score (nSPS) is 24.8. The highest BCUT2D eigenvalue weighted by molar-refractivity contribution is 7.90. The molecule has 4 rings (SSSR count). The summed E-state index contributed by atoms with van der Waals surface area (Å²) in [5.41, 5.74) is 4.26. The largest absolute Gasteiger partial charge is 0.377 e. The Morgan fingerprint density at radius 3 is 2.80 bits per heavy atom. The Morgan fingerprint density at radius 1 is 1.33 bits per heavy atom. The average molecular weight is 437 g/mol. The summed E-state index contributed by atoms with van der Waals surface area (Å²) in [6.45, 7) is -0.377. The third-order valence-electron chi connectivity index (χ3n) is 5.15. The van der Waals surface area contributed by atoms with Gasteiger partial charge in [0.1, 0.15) is 28.1 Å². The van der Waals surface area contributed by atoms with Gasteiger partial charge in [-0.05, 0) is 30.3 Å². The van der Waals surface area contributed by atoms with Crippen molar-refractivity contribution in [2.45, 2.75) is 10.8 Å². The maximum atomic E-state index is 14.8. The zero-order valence-electron chi connectivity index (χ0n) is 15.7. The number of nitrogens with one attached hydrogen (secondary N) is 1. The van der Waals surface area contributed by atoms with Crippen molar-refractivity contribution >= 4 is 27.6 Å². The topological polar surface area (TPSA) is 127 Å². The van der Waals surface area contributed by atoms with Crippen LogP contribution in [0.4, 0.5) is 14.5 Å². The predicted octanol–water partition coefficient (Wildman–Crippen LogP) is 0.796. The van der Waals surface area contributed by atoms with E-state index in [9.17, 15) is 22.0 Å². The lowest BCUT2D eigenvalue weighted by Crippen LogP contribution is -2.57. The highest BCUT2D eigenvalue weighted by atomic mass is 32.2. The number of benzene rings is 1. The number of sulfonamides is 1. The van der Waals surface area contributed by atoms with Crippen LogP contribution in [0.1, 0.15) is 16.1 Å². The van der Waals surface area contributed by atoms with Gasteiger partial charge in [0, 0.05) is 18.3 Å². The van der Waals surface area contributed by atoms with Gasteiger partial charge in [0.25, 0.3) is 5.91 Å². The van der Waals surface area contributed by atoms with Gasteiger partial charge in [-0.3, -0.25) is 4.79 Å². The number of fused-ring (bicyclic) bond motifs is 1. The van der Waals surface area contributed by atoms with E-state index in [0.29, 0.717) is 0 Å². The van der Waals surface area contributed by atoms with Crippen LogP contribution in [0.5, 0.6) is 0 Å². The molecule has 0 spiro atoms. The predicted molar refractivity (Wildman–Crippen MR) is 103 cm³/mol. The SMILES string of the molecule is CN1C(N)=NC2(c3cc(NC(=O)c4ccc(F)cn4)ccc3F)COCC2S1(=O)=O. The Morgan fingerprint density at radius 2 is 2.10 bits per heavy atom. The first-order chi connectivity index (χ1) is 14.1. The van der Waals surface area contributed by atoms with Crippen molar-refractivity contribution in [3.8, 4) is 0 Å². The summed E-state index contributed by atoms with van der Waals surface area (Å²) in [5.74, 6) is -2.26. The fourth-order valence-electron chi connectivity index (χ4n) is 3.54. The molecule has 1 saturated heterocycles. The number of guanidine groups is 1. The molecule has 30 heavy (non-hydrogen) atoms. The molecule has 1 amide bonds. The molecule has 12 heteroatoms. The number of pyridine rings is 1. The van der Waals surface area contributed by atoms with E-state index in [-0.39, 0.29) is 36.1 Å². The van der Waals surface area contributed by atoms with E-state index in [2.05, 4.69) is 15.3 Å². The Balaban J connectivity index is 1.75. The number of rotatable bonds is 3. The smallest absolute Gasteiger partial charge is 0.274 e. The number of amides is 1. The number of hydrogen-bond donors (Lipinski definition) is 2. The van der Waals surface area contributed by atoms with E-state index in [1.807, 2.05) is 0 Å². The van der Waals surface area contributed by atoms with Crippen molar-refractivity contribution in [3.63, 3.8) is 0 Å². The Bertz CT molecular complexity index is 1160. The molecule has 3 N–H and O–H groups in total. The molecule has 0 aliphatic carbocycles. The third-order valence-corrected chi connectivity index (χ3v) is 7.35. The first kappa shape index (κ1) is 20.2. The monoisotopic (exact) mass is 437 g/mol. The lowest BCUT2D eigenvalue weighted by atomic mass is 9.88. The third kappa shape index (κ3) is 3.08. The van der Waals surface area contributed by atoms with Crippen LogP contribution in [0.15, 0.2) is 41.5 Å². The highest BCUT2D eigenvalue weighted by Gasteiger charge is 2.58. The maximum Gasteiger partial charge on any atom is 0.274 e. The number of aromatic nitrogens is 1. The number of nitrogens with two attached hydrogens (primary N) is 1. The minimum atomic E-state index is -3.94. The molecule has 0 saturated carbocycles. The van der Waals surface area contributed by atoms with Crippen LogP contribution >= 0.6 is 0 Å². The number of aliphatic imine (C=N–C) groups is 1. The fourth-order valence-corrected chi connectivity index (χ4v) is 5.23. The van der Waals surface area contributed by atoms with Gasteiger partial charge in [-0.15, -0.1) is 0 Å². The average Bonchev–Trinajstić information content (AvgIpc) is 3.14. The number of halogens is 2. The van der Waals surface area contributed by atoms with Crippen molar-refractivity contribution in [1.29, 1.82) is 0 Å². The van der Waals surface area contributed by atoms with E-state index in [1.54, 1.807) is 0 Å². The van der Waals surface area contributed by atoms with Crippen LogP contribution in [0, 0.1) is 11.6 Å². The molecule has 2 unspecified atom stereocenters. The summed E-state index contributed by atoms with van der Waals surface area (Å²) < 4.78 is 59.7. The minimum Gasteiger partial charge on any atom is -0.377 e. The number of ether oxygens (including phenoxy) is 1. The molecule has 2 aliphatic rings. The highest BCUT2D eigenvalue weighted by Crippen LogP contribution is 2.44. The van der Waals surface area contributed by atoms with E-state index in [1.165, 1.54) is 25.2 Å². The maximum absolute atomic E-state index is 14.8. The van der Waals surface area contributed by atoms with Crippen molar-refractivity contribution in [1.82, 2.24) is 9.29 Å². The Labute approximate surface area is 170 Å². The summed E-state index contributed by atoms with van der Waals surface area (Å²) >= 11 is 0. The molecule has 1 fully saturated rings. The van der Waals surface area contributed by atoms with Crippen LogP contribution in [-0.2, 0) is 20.3 Å². The Hall–Kier alpha value is -3.12. The second-order valence-electron chi connectivity index (χ2n) is 6.92. The summed E-state index contributed by atoms with van der Waals surface area (Å²) in [6.07, 6.45) is 0.894. The van der Waals surface area contributed by atoms with Gasteiger partial charge in [-0.1, -0.05) is 0 Å². The summed E-state index contributed by atoms with van der Waals surface area (Å²) in [7, 11) is -2.68. The quantitative estimate of drug-likeness (QED) is 0.731. The van der Waals surface area contributed by atoms with Crippen LogP contribution in [0.2, 0.25) is 0 Å². The van der Waals surface area contributed by atoms with Crippen molar-refractivity contribution in [2.75, 3.05) is 25.6 Å². The molecule has 2 atom stereocenters. The molecular weight excluding hydrogens is 420 g/mol. The second-order valence-corrected chi connectivity index (χ2v) is 9.07. The molecule has 1 aromatic carbocycles. The lowest BCUT2D eigenvalue weighted by molar-refractivity contribution is 0.102. The van der Waals surface area contributed by atoms with Crippen molar-refractivity contribution in [2.24, 2.45) is 10.7 Å². The van der Waals surface area contributed by atoms with E-state index in [4.69, 9.17) is 10.5 Å². The van der Waals surface area contributed by atoms with E-state index < -0.39 is 38.4 Å². The molecule has 1 aromatic heterocycles. The first-order valence-electron chi connectivity index (χ1n) is 8.79. The van der Waals surface area contributed by atoms with Crippen LogP contribution in [0.3, 0.4) is 0 Å². The molecule has 158 valence electrons. The summed E-state index contributed by atoms with van der Waals surface area (Å²) in [4.78, 5) is 20.3. The van der Waals surface area contributed by atoms with Crippen LogP contribution < -0.4 is 11.1 Å². The van der Waals surface area contributed by atoms with Gasteiger partial charge < -0.3 is 15.8 Å².